The van der Waals surface area contributed by atoms with Gasteiger partial charge in [0.15, 0.2) is 0 Å². The number of rotatable bonds is 4. The first-order chi connectivity index (χ1) is 12.2. The van der Waals surface area contributed by atoms with Crippen LogP contribution in [0, 0.1) is 0 Å². The highest BCUT2D eigenvalue weighted by Gasteiger charge is 2.32. The standard InChI is InChI=1S/C19H24N4O2/c24-18-9-7-17(18)21-14-3-5-15(6-4-14)23-19(25)10-8-16(22-23)13-2-1-11-20-12-13/h1-2,8,10-12,14-15,17-18,21,24H,3-7,9H2. The van der Waals surface area contributed by atoms with Gasteiger partial charge in [-0.3, -0.25) is 9.78 Å². The van der Waals surface area contributed by atoms with Crippen molar-refractivity contribution in [1.82, 2.24) is 20.1 Å². The van der Waals surface area contributed by atoms with E-state index < -0.39 is 0 Å². The van der Waals surface area contributed by atoms with Crippen LogP contribution in [0.2, 0.25) is 0 Å². The van der Waals surface area contributed by atoms with Crippen LogP contribution in [0.25, 0.3) is 11.3 Å². The van der Waals surface area contributed by atoms with Crippen LogP contribution in [0.15, 0.2) is 41.5 Å². The fourth-order valence-corrected chi connectivity index (χ4v) is 3.82. The van der Waals surface area contributed by atoms with E-state index in [9.17, 15) is 9.90 Å². The Hall–Kier alpha value is -2.05. The van der Waals surface area contributed by atoms with Crippen molar-refractivity contribution >= 4 is 0 Å². The lowest BCUT2D eigenvalue weighted by molar-refractivity contribution is 0.0397. The van der Waals surface area contributed by atoms with E-state index in [-0.39, 0.29) is 23.7 Å². The van der Waals surface area contributed by atoms with Gasteiger partial charge in [0.2, 0.25) is 0 Å². The maximum absolute atomic E-state index is 12.3. The van der Waals surface area contributed by atoms with E-state index in [1.165, 1.54) is 0 Å². The zero-order valence-electron chi connectivity index (χ0n) is 14.2. The van der Waals surface area contributed by atoms with Crippen molar-refractivity contribution in [2.45, 2.75) is 62.8 Å². The summed E-state index contributed by atoms with van der Waals surface area (Å²) < 4.78 is 1.65. The van der Waals surface area contributed by atoms with Crippen molar-refractivity contribution in [3.05, 3.63) is 47.0 Å². The molecule has 2 fully saturated rings. The maximum Gasteiger partial charge on any atom is 0.267 e. The van der Waals surface area contributed by atoms with Crippen molar-refractivity contribution in [2.24, 2.45) is 0 Å². The van der Waals surface area contributed by atoms with Crippen LogP contribution in [0.4, 0.5) is 0 Å². The van der Waals surface area contributed by atoms with Crippen LogP contribution < -0.4 is 10.9 Å². The Bertz CT molecular complexity index is 768. The second-order valence-corrected chi connectivity index (χ2v) is 7.17. The number of aliphatic hydroxyl groups is 1. The van der Waals surface area contributed by atoms with Crippen molar-refractivity contribution in [1.29, 1.82) is 0 Å². The minimum atomic E-state index is -0.182. The van der Waals surface area contributed by atoms with E-state index >= 15 is 0 Å². The lowest BCUT2D eigenvalue weighted by Gasteiger charge is -2.38. The third-order valence-electron chi connectivity index (χ3n) is 5.51. The summed E-state index contributed by atoms with van der Waals surface area (Å²) in [6, 6.07) is 8.04. The minimum Gasteiger partial charge on any atom is -0.392 e. The van der Waals surface area contributed by atoms with Gasteiger partial charge in [-0.05, 0) is 56.7 Å². The van der Waals surface area contributed by atoms with Crippen LogP contribution in [-0.4, -0.2) is 38.1 Å². The summed E-state index contributed by atoms with van der Waals surface area (Å²) in [6.45, 7) is 0. The molecule has 0 radical (unpaired) electrons. The Labute approximate surface area is 146 Å². The molecule has 0 bridgehead atoms. The normalized spacial score (nSPS) is 29.2. The van der Waals surface area contributed by atoms with E-state index in [0.29, 0.717) is 6.04 Å². The average molecular weight is 340 g/mol. The highest BCUT2D eigenvalue weighted by Crippen LogP contribution is 2.29. The van der Waals surface area contributed by atoms with Gasteiger partial charge in [0, 0.05) is 36.1 Å². The van der Waals surface area contributed by atoms with Crippen molar-refractivity contribution in [3.63, 3.8) is 0 Å². The minimum absolute atomic E-state index is 0.0431. The molecule has 2 atom stereocenters. The van der Waals surface area contributed by atoms with Gasteiger partial charge in [0.25, 0.3) is 5.56 Å². The molecule has 0 aromatic carbocycles. The number of aromatic nitrogens is 3. The SMILES string of the molecule is O=c1ccc(-c2cccnc2)nn1C1CCC(NC2CCC2O)CC1. The Kier molecular flexibility index (Phi) is 4.63. The molecule has 2 saturated carbocycles. The fraction of sp³-hybridized carbons (Fsp3) is 0.526. The summed E-state index contributed by atoms with van der Waals surface area (Å²) >= 11 is 0. The Morgan fingerprint density at radius 1 is 1.08 bits per heavy atom. The first-order valence-electron chi connectivity index (χ1n) is 9.15. The Morgan fingerprint density at radius 3 is 2.56 bits per heavy atom. The van der Waals surface area contributed by atoms with Crippen LogP contribution in [0.1, 0.15) is 44.6 Å². The summed E-state index contributed by atoms with van der Waals surface area (Å²) in [7, 11) is 0. The molecule has 25 heavy (non-hydrogen) atoms. The van der Waals surface area contributed by atoms with E-state index in [0.717, 1.165) is 49.8 Å². The molecule has 2 unspecified atom stereocenters. The van der Waals surface area contributed by atoms with Gasteiger partial charge >= 0.3 is 0 Å². The van der Waals surface area contributed by atoms with Crippen LogP contribution >= 0.6 is 0 Å². The number of pyridine rings is 1. The summed E-state index contributed by atoms with van der Waals surface area (Å²) in [4.78, 5) is 16.4. The number of nitrogens with one attached hydrogen (secondary N) is 1. The molecule has 2 aliphatic carbocycles. The highest BCUT2D eigenvalue weighted by atomic mass is 16.3. The average Bonchev–Trinajstić information content (AvgIpc) is 2.66. The third kappa shape index (κ3) is 3.50. The van der Waals surface area contributed by atoms with Crippen LogP contribution in [0.3, 0.4) is 0 Å². The molecular weight excluding hydrogens is 316 g/mol. The first kappa shape index (κ1) is 16.4. The number of hydrogen-bond acceptors (Lipinski definition) is 5. The van der Waals surface area contributed by atoms with Gasteiger partial charge in [0.1, 0.15) is 0 Å². The molecule has 0 aliphatic heterocycles. The molecule has 6 heteroatoms. The van der Waals surface area contributed by atoms with Crippen molar-refractivity contribution < 1.29 is 5.11 Å². The fourth-order valence-electron chi connectivity index (χ4n) is 3.82. The van der Waals surface area contributed by atoms with Gasteiger partial charge in [-0.25, -0.2) is 4.68 Å². The molecule has 2 aromatic rings. The van der Waals surface area contributed by atoms with Gasteiger partial charge in [-0.1, -0.05) is 0 Å². The summed E-state index contributed by atoms with van der Waals surface area (Å²) in [5.74, 6) is 0. The molecule has 0 amide bonds. The van der Waals surface area contributed by atoms with Gasteiger partial charge in [-0.15, -0.1) is 0 Å². The molecule has 6 nitrogen and oxygen atoms in total. The van der Waals surface area contributed by atoms with Crippen LogP contribution in [-0.2, 0) is 0 Å². The monoisotopic (exact) mass is 340 g/mol. The van der Waals surface area contributed by atoms with E-state index in [1.54, 1.807) is 29.2 Å². The summed E-state index contributed by atoms with van der Waals surface area (Å²) in [5.41, 5.74) is 1.66. The zero-order chi connectivity index (χ0) is 17.2. The van der Waals surface area contributed by atoms with Crippen molar-refractivity contribution in [3.8, 4) is 11.3 Å². The zero-order valence-corrected chi connectivity index (χ0v) is 14.2. The Balaban J connectivity index is 1.45. The Morgan fingerprint density at radius 2 is 1.92 bits per heavy atom. The smallest absolute Gasteiger partial charge is 0.267 e. The van der Waals surface area contributed by atoms with E-state index in [2.05, 4.69) is 15.4 Å². The molecule has 2 aliphatic rings. The third-order valence-corrected chi connectivity index (χ3v) is 5.51. The highest BCUT2D eigenvalue weighted by molar-refractivity contribution is 5.56. The predicted octanol–water partition coefficient (Wildman–Crippen LogP) is 1.90. The molecule has 132 valence electrons. The second kappa shape index (κ2) is 7.06. The van der Waals surface area contributed by atoms with E-state index in [4.69, 9.17) is 0 Å². The first-order valence-corrected chi connectivity index (χ1v) is 9.15. The second-order valence-electron chi connectivity index (χ2n) is 7.17. The largest absolute Gasteiger partial charge is 0.392 e. The lowest BCUT2D eigenvalue weighted by atomic mass is 9.85. The van der Waals surface area contributed by atoms with Gasteiger partial charge < -0.3 is 10.4 Å². The van der Waals surface area contributed by atoms with E-state index in [1.807, 2.05) is 12.1 Å². The molecular formula is C19H24N4O2. The molecule has 0 saturated heterocycles. The topological polar surface area (TPSA) is 80.0 Å². The van der Waals surface area contributed by atoms with Crippen LogP contribution in [0.5, 0.6) is 0 Å². The number of nitrogens with zero attached hydrogens (tertiary/aromatic N) is 3. The molecule has 4 rings (SSSR count). The molecule has 2 aromatic heterocycles. The molecule has 2 heterocycles. The molecule has 2 N–H and O–H groups in total. The summed E-state index contributed by atoms with van der Waals surface area (Å²) in [6.07, 6.45) is 9.18. The van der Waals surface area contributed by atoms with Gasteiger partial charge in [0.05, 0.1) is 17.8 Å². The number of aliphatic hydroxyl groups excluding tert-OH is 1. The summed E-state index contributed by atoms with van der Waals surface area (Å²) in [5, 5.41) is 17.9. The maximum atomic E-state index is 12.3. The number of hydrogen-bond donors (Lipinski definition) is 2. The lowest BCUT2D eigenvalue weighted by Crippen LogP contribution is -2.52. The predicted molar refractivity (Wildman–Crippen MR) is 95.2 cm³/mol. The molecule has 0 spiro atoms. The quantitative estimate of drug-likeness (QED) is 0.889. The van der Waals surface area contributed by atoms with Crippen molar-refractivity contribution in [2.75, 3.05) is 0 Å². The van der Waals surface area contributed by atoms with Gasteiger partial charge in [-0.2, -0.15) is 5.10 Å².